The molecule has 3 heterocycles. The number of ether oxygens (including phenoxy) is 3. The molecule has 0 radical (unpaired) electrons. The minimum absolute atomic E-state index is 0.0758. The van der Waals surface area contributed by atoms with Gasteiger partial charge in [-0.2, -0.15) is 0 Å². The van der Waals surface area contributed by atoms with Crippen molar-refractivity contribution in [2.75, 3.05) is 39.5 Å². The van der Waals surface area contributed by atoms with E-state index in [1.807, 2.05) is 19.2 Å². The lowest BCUT2D eigenvalue weighted by Crippen LogP contribution is -2.48. The summed E-state index contributed by atoms with van der Waals surface area (Å²) in [4.78, 5) is 18.6. The van der Waals surface area contributed by atoms with Crippen LogP contribution in [-0.2, 0) is 14.2 Å². The summed E-state index contributed by atoms with van der Waals surface area (Å²) in [5.74, 6) is -0.570. The van der Waals surface area contributed by atoms with Crippen LogP contribution in [0.2, 0.25) is 0 Å². The largest absolute Gasteiger partial charge is 0.367 e. The smallest absolute Gasteiger partial charge is 0.317 e. The lowest BCUT2D eigenvalue weighted by molar-refractivity contribution is -0.145. The van der Waals surface area contributed by atoms with Gasteiger partial charge in [0.25, 0.3) is 0 Å². The third-order valence-corrected chi connectivity index (χ3v) is 5.07. The first kappa shape index (κ1) is 16.6. The molecular weight excluding hydrogens is 318 g/mol. The summed E-state index contributed by atoms with van der Waals surface area (Å²) in [5.41, 5.74) is 0.986. The molecule has 23 heavy (non-hydrogen) atoms. The van der Waals surface area contributed by atoms with Gasteiger partial charge < -0.3 is 24.4 Å². The van der Waals surface area contributed by atoms with E-state index in [9.17, 15) is 4.79 Å². The Balaban J connectivity index is 1.47. The van der Waals surface area contributed by atoms with E-state index in [4.69, 9.17) is 14.2 Å². The first-order valence-corrected chi connectivity index (χ1v) is 8.78. The second-order valence-electron chi connectivity index (χ2n) is 5.95. The molecule has 128 valence electrons. The number of rotatable bonds is 4. The molecule has 0 bridgehead atoms. The quantitative estimate of drug-likeness (QED) is 0.902. The summed E-state index contributed by atoms with van der Waals surface area (Å²) in [7, 11) is 0. The number of hydrogen-bond acceptors (Lipinski definition) is 6. The minimum Gasteiger partial charge on any atom is -0.367 e. The van der Waals surface area contributed by atoms with Crippen LogP contribution in [0.1, 0.15) is 30.2 Å². The van der Waals surface area contributed by atoms with Gasteiger partial charge in [-0.1, -0.05) is 0 Å². The first-order valence-electron chi connectivity index (χ1n) is 7.90. The molecule has 1 unspecified atom stereocenters. The van der Waals surface area contributed by atoms with Crippen LogP contribution < -0.4 is 5.32 Å². The average Bonchev–Trinajstić information content (AvgIpc) is 3.16. The van der Waals surface area contributed by atoms with Crippen molar-refractivity contribution < 1.29 is 19.0 Å². The molecule has 0 spiro atoms. The molecule has 8 heteroatoms. The zero-order valence-electron chi connectivity index (χ0n) is 13.5. The van der Waals surface area contributed by atoms with Crippen LogP contribution in [0.15, 0.2) is 5.38 Å². The van der Waals surface area contributed by atoms with E-state index in [0.717, 1.165) is 10.7 Å². The number of nitrogens with one attached hydrogen (secondary N) is 1. The van der Waals surface area contributed by atoms with Gasteiger partial charge in [0.05, 0.1) is 26.4 Å². The lowest BCUT2D eigenvalue weighted by atomic mass is 10.2. The Kier molecular flexibility index (Phi) is 5.15. The number of carbonyl (C=O) groups excluding carboxylic acids is 1. The maximum absolute atomic E-state index is 12.3. The van der Waals surface area contributed by atoms with Gasteiger partial charge in [-0.25, -0.2) is 9.78 Å². The second kappa shape index (κ2) is 7.12. The van der Waals surface area contributed by atoms with Gasteiger partial charge in [-0.3, -0.25) is 0 Å². The van der Waals surface area contributed by atoms with Gasteiger partial charge >= 0.3 is 6.03 Å². The number of amides is 2. The third kappa shape index (κ3) is 4.20. The highest BCUT2D eigenvalue weighted by Crippen LogP contribution is 2.25. The first-order chi connectivity index (χ1) is 11.1. The predicted octanol–water partition coefficient (Wildman–Crippen LogP) is 1.69. The van der Waals surface area contributed by atoms with Crippen LogP contribution in [0.5, 0.6) is 0 Å². The zero-order chi connectivity index (χ0) is 16.3. The summed E-state index contributed by atoms with van der Waals surface area (Å²) in [5, 5.41) is 5.87. The Bertz CT molecular complexity index is 545. The maximum atomic E-state index is 12.3. The van der Waals surface area contributed by atoms with Crippen LogP contribution in [-0.4, -0.2) is 61.2 Å². The minimum atomic E-state index is -0.570. The van der Waals surface area contributed by atoms with Crippen LogP contribution >= 0.6 is 11.3 Å². The monoisotopic (exact) mass is 341 g/mol. The Morgan fingerprint density at radius 1 is 1.48 bits per heavy atom. The fourth-order valence-electron chi connectivity index (χ4n) is 2.71. The zero-order valence-corrected chi connectivity index (χ0v) is 14.4. The van der Waals surface area contributed by atoms with Gasteiger partial charge in [-0.05, 0) is 13.8 Å². The van der Waals surface area contributed by atoms with Crippen molar-refractivity contribution in [1.82, 2.24) is 15.2 Å². The third-order valence-electron chi connectivity index (χ3n) is 4.02. The van der Waals surface area contributed by atoms with E-state index in [-0.39, 0.29) is 12.1 Å². The highest BCUT2D eigenvalue weighted by Gasteiger charge is 2.31. The van der Waals surface area contributed by atoms with E-state index < -0.39 is 5.79 Å². The number of thiazole rings is 1. The fourth-order valence-corrected chi connectivity index (χ4v) is 3.55. The summed E-state index contributed by atoms with van der Waals surface area (Å²) >= 11 is 1.58. The molecule has 2 amide bonds. The molecule has 2 saturated heterocycles. The van der Waals surface area contributed by atoms with Gasteiger partial charge in [0, 0.05) is 30.6 Å². The number of aromatic nitrogens is 1. The van der Waals surface area contributed by atoms with Crippen LogP contribution in [0.4, 0.5) is 4.79 Å². The highest BCUT2D eigenvalue weighted by molar-refractivity contribution is 7.09. The number of urea groups is 1. The molecule has 3 rings (SSSR count). The Hall–Kier alpha value is -1.22. The molecule has 1 N–H and O–H groups in total. The van der Waals surface area contributed by atoms with Crippen LogP contribution in [0.3, 0.4) is 0 Å². The lowest BCUT2D eigenvalue weighted by Gasteiger charge is -2.32. The topological polar surface area (TPSA) is 72.9 Å². The van der Waals surface area contributed by atoms with Crippen molar-refractivity contribution in [3.05, 3.63) is 16.1 Å². The molecule has 2 aliphatic rings. The Labute approximate surface area is 139 Å². The van der Waals surface area contributed by atoms with E-state index >= 15 is 0 Å². The molecule has 0 aromatic carbocycles. The molecule has 1 aromatic rings. The van der Waals surface area contributed by atoms with Crippen molar-refractivity contribution in [3.63, 3.8) is 0 Å². The molecule has 7 nitrogen and oxygen atoms in total. The summed E-state index contributed by atoms with van der Waals surface area (Å²) in [6.07, 6.45) is 0.505. The summed E-state index contributed by atoms with van der Waals surface area (Å²) in [6.45, 7) is 7.27. The maximum Gasteiger partial charge on any atom is 0.317 e. The number of aryl methyl sites for hydroxylation is 1. The number of nitrogens with zero attached hydrogens (tertiary/aromatic N) is 2. The SMILES string of the molecule is Cc1csc(C2CN(C(=O)NCCC3(C)OCCO3)CCO2)n1. The van der Waals surface area contributed by atoms with E-state index in [0.29, 0.717) is 45.9 Å². The van der Waals surface area contributed by atoms with E-state index in [1.165, 1.54) is 0 Å². The van der Waals surface area contributed by atoms with E-state index in [1.54, 1.807) is 16.2 Å². The Morgan fingerprint density at radius 2 is 2.26 bits per heavy atom. The van der Waals surface area contributed by atoms with Gasteiger partial charge in [0.1, 0.15) is 11.1 Å². The average molecular weight is 341 g/mol. The molecule has 1 aromatic heterocycles. The van der Waals surface area contributed by atoms with Crippen molar-refractivity contribution in [1.29, 1.82) is 0 Å². The van der Waals surface area contributed by atoms with Crippen molar-refractivity contribution >= 4 is 17.4 Å². The van der Waals surface area contributed by atoms with Crippen LogP contribution in [0, 0.1) is 6.92 Å². The predicted molar refractivity (Wildman–Crippen MR) is 85.4 cm³/mol. The van der Waals surface area contributed by atoms with Crippen LogP contribution in [0.25, 0.3) is 0 Å². The summed E-state index contributed by atoms with van der Waals surface area (Å²) < 4.78 is 16.8. The molecule has 2 aliphatic heterocycles. The van der Waals surface area contributed by atoms with E-state index in [2.05, 4.69) is 10.3 Å². The van der Waals surface area contributed by atoms with Gasteiger partial charge in [0.2, 0.25) is 0 Å². The van der Waals surface area contributed by atoms with Crippen molar-refractivity contribution in [2.24, 2.45) is 0 Å². The highest BCUT2D eigenvalue weighted by atomic mass is 32.1. The Morgan fingerprint density at radius 3 is 2.96 bits per heavy atom. The number of morpholine rings is 1. The standard InChI is InChI=1S/C15H23N3O4S/c1-11-10-23-13(17-11)12-9-18(5-6-20-12)14(19)16-4-3-15(2)21-7-8-22-15/h10,12H,3-9H2,1-2H3,(H,16,19). The summed E-state index contributed by atoms with van der Waals surface area (Å²) in [6, 6.07) is -0.0758. The number of carbonyl (C=O) groups is 1. The molecule has 0 saturated carbocycles. The molecular formula is C15H23N3O4S. The van der Waals surface area contributed by atoms with Gasteiger partial charge in [0.15, 0.2) is 5.79 Å². The van der Waals surface area contributed by atoms with Gasteiger partial charge in [-0.15, -0.1) is 11.3 Å². The number of hydrogen-bond donors (Lipinski definition) is 1. The molecule has 1 atom stereocenters. The molecule has 2 fully saturated rings. The normalized spacial score (nSPS) is 23.9. The van der Waals surface area contributed by atoms with Crippen molar-refractivity contribution in [3.8, 4) is 0 Å². The molecule has 0 aliphatic carbocycles. The fraction of sp³-hybridized carbons (Fsp3) is 0.733. The van der Waals surface area contributed by atoms with Crippen molar-refractivity contribution in [2.45, 2.75) is 32.2 Å². The second-order valence-corrected chi connectivity index (χ2v) is 6.83.